The van der Waals surface area contributed by atoms with Gasteiger partial charge in [0.25, 0.3) is 5.91 Å². The van der Waals surface area contributed by atoms with E-state index in [1.165, 1.54) is 12.1 Å². The topological polar surface area (TPSA) is 136 Å². The van der Waals surface area contributed by atoms with Crippen LogP contribution in [0.5, 0.6) is 0 Å². The third kappa shape index (κ3) is 5.12. The molecular weight excluding hydrogens is 506 g/mol. The number of hydrogen-bond donors (Lipinski definition) is 2. The molecule has 0 saturated carbocycles. The zero-order valence-corrected chi connectivity index (χ0v) is 21.8. The summed E-state index contributed by atoms with van der Waals surface area (Å²) >= 11 is 5.97. The quantitative estimate of drug-likeness (QED) is 0.361. The lowest BCUT2D eigenvalue weighted by atomic mass is 9.99. The second kappa shape index (κ2) is 9.40. The zero-order valence-electron chi connectivity index (χ0n) is 20.2. The fourth-order valence-corrected chi connectivity index (χ4v) is 4.54. The number of aromatic nitrogens is 3. The molecule has 188 valence electrons. The molecule has 0 aliphatic heterocycles. The van der Waals surface area contributed by atoms with Crippen LogP contribution < -0.4 is 15.5 Å². The van der Waals surface area contributed by atoms with Crippen molar-refractivity contribution in [1.29, 1.82) is 0 Å². The summed E-state index contributed by atoms with van der Waals surface area (Å²) in [5.41, 5.74) is 2.94. The third-order valence-electron chi connectivity index (χ3n) is 5.55. The van der Waals surface area contributed by atoms with E-state index in [4.69, 9.17) is 16.0 Å². The van der Waals surface area contributed by atoms with Crippen molar-refractivity contribution in [3.05, 3.63) is 74.4 Å². The fraction of sp³-hybridized carbons (Fsp3) is 0.250. The van der Waals surface area contributed by atoms with Gasteiger partial charge in [0.2, 0.25) is 10.0 Å². The van der Waals surface area contributed by atoms with Gasteiger partial charge in [0, 0.05) is 24.4 Å². The molecule has 2 N–H and O–H groups in total. The van der Waals surface area contributed by atoms with Gasteiger partial charge in [-0.3, -0.25) is 14.3 Å². The molecule has 4 aromatic rings. The van der Waals surface area contributed by atoms with E-state index in [1.807, 2.05) is 24.6 Å². The second-order valence-electron chi connectivity index (χ2n) is 8.62. The Hall–Kier alpha value is -3.70. The molecule has 12 heteroatoms. The van der Waals surface area contributed by atoms with Gasteiger partial charge < -0.3 is 9.73 Å². The normalized spacial score (nSPS) is 12.5. The largest absolute Gasteiger partial charge is 0.455 e. The van der Waals surface area contributed by atoms with E-state index < -0.39 is 22.0 Å². The Balaban J connectivity index is 1.83. The summed E-state index contributed by atoms with van der Waals surface area (Å²) in [6, 6.07) is 6.18. The molecule has 3 heterocycles. The Morgan fingerprint density at radius 3 is 2.58 bits per heavy atom. The van der Waals surface area contributed by atoms with Crippen molar-refractivity contribution in [2.24, 2.45) is 7.05 Å². The maximum Gasteiger partial charge on any atom is 0.285 e. The molecule has 36 heavy (non-hydrogen) atoms. The van der Waals surface area contributed by atoms with Crippen molar-refractivity contribution < 1.29 is 17.6 Å². The molecule has 0 saturated heterocycles. The van der Waals surface area contributed by atoms with Gasteiger partial charge in [-0.2, -0.15) is 5.10 Å². The van der Waals surface area contributed by atoms with Gasteiger partial charge in [-0.25, -0.2) is 18.1 Å². The number of halogens is 1. The number of carbonyl (C=O) groups excluding carboxylic acids is 1. The van der Waals surface area contributed by atoms with Gasteiger partial charge in [0.15, 0.2) is 11.1 Å². The van der Waals surface area contributed by atoms with Crippen LogP contribution in [0.3, 0.4) is 0 Å². The van der Waals surface area contributed by atoms with E-state index in [9.17, 15) is 18.0 Å². The van der Waals surface area contributed by atoms with E-state index in [-0.39, 0.29) is 22.0 Å². The maximum atomic E-state index is 13.3. The molecule has 1 aromatic carbocycles. The van der Waals surface area contributed by atoms with Gasteiger partial charge in [-0.15, -0.1) is 0 Å². The number of sulfonamides is 1. The van der Waals surface area contributed by atoms with Crippen molar-refractivity contribution in [3.8, 4) is 11.3 Å². The summed E-state index contributed by atoms with van der Waals surface area (Å²) < 4.78 is 33.0. The predicted molar refractivity (Wildman–Crippen MR) is 138 cm³/mol. The minimum atomic E-state index is -3.82. The smallest absolute Gasteiger partial charge is 0.285 e. The molecule has 3 aromatic heterocycles. The fourth-order valence-electron chi connectivity index (χ4n) is 3.96. The highest BCUT2D eigenvalue weighted by atomic mass is 35.5. The summed E-state index contributed by atoms with van der Waals surface area (Å²) in [5.74, 6) is -0.510. The average molecular weight is 530 g/mol. The van der Waals surface area contributed by atoms with Gasteiger partial charge in [-0.05, 0) is 44.5 Å². The minimum Gasteiger partial charge on any atom is -0.455 e. The number of pyridine rings is 1. The molecule has 4 rings (SSSR count). The van der Waals surface area contributed by atoms with Crippen LogP contribution >= 0.6 is 11.6 Å². The lowest BCUT2D eigenvalue weighted by molar-refractivity contribution is 0.0977. The van der Waals surface area contributed by atoms with Crippen LogP contribution in [0.25, 0.3) is 22.3 Å². The van der Waals surface area contributed by atoms with Crippen LogP contribution in [-0.2, 0) is 17.1 Å². The Labute approximate surface area is 212 Å². The molecule has 0 aliphatic carbocycles. The molecule has 1 atom stereocenters. The first-order chi connectivity index (χ1) is 16.8. The summed E-state index contributed by atoms with van der Waals surface area (Å²) in [6.07, 6.45) is 4.26. The summed E-state index contributed by atoms with van der Waals surface area (Å²) in [4.78, 5) is 29.9. The number of amides is 1. The molecular formula is C24H24ClN5O5S. The summed E-state index contributed by atoms with van der Waals surface area (Å²) in [5, 5.41) is 7.80. The number of rotatable bonds is 6. The highest BCUT2D eigenvalue weighted by Gasteiger charge is 2.22. The Morgan fingerprint density at radius 2 is 1.94 bits per heavy atom. The van der Waals surface area contributed by atoms with Crippen molar-refractivity contribution >= 4 is 44.2 Å². The predicted octanol–water partition coefficient (Wildman–Crippen LogP) is 3.72. The van der Waals surface area contributed by atoms with Gasteiger partial charge in [0.1, 0.15) is 16.5 Å². The number of benzene rings is 1. The molecule has 0 radical (unpaired) electrons. The summed E-state index contributed by atoms with van der Waals surface area (Å²) in [6.45, 7) is 5.41. The SMILES string of the molecule is Cc1cc(C(C)Nc2ccc(Cl)nc2C(=O)NS(C)(=O)=O)c2oc(-c3cnn(C)c3)c(C)c(=O)c2c1. The molecule has 0 spiro atoms. The van der Waals surface area contributed by atoms with Crippen molar-refractivity contribution in [2.75, 3.05) is 11.6 Å². The first kappa shape index (κ1) is 25.4. The Morgan fingerprint density at radius 1 is 1.22 bits per heavy atom. The van der Waals surface area contributed by atoms with Crippen LogP contribution in [0.1, 0.15) is 40.1 Å². The average Bonchev–Trinajstić information content (AvgIpc) is 3.22. The van der Waals surface area contributed by atoms with E-state index in [0.717, 1.165) is 11.8 Å². The first-order valence-corrected chi connectivity index (χ1v) is 13.1. The van der Waals surface area contributed by atoms with E-state index >= 15 is 0 Å². The monoisotopic (exact) mass is 529 g/mol. The molecule has 0 bridgehead atoms. The molecule has 0 fully saturated rings. The Bertz CT molecular complexity index is 1680. The number of nitrogens with one attached hydrogen (secondary N) is 2. The van der Waals surface area contributed by atoms with Crippen LogP contribution in [0.4, 0.5) is 5.69 Å². The van der Waals surface area contributed by atoms with Crippen LogP contribution in [0, 0.1) is 13.8 Å². The lowest BCUT2D eigenvalue weighted by Crippen LogP contribution is -2.31. The van der Waals surface area contributed by atoms with Crippen molar-refractivity contribution in [2.45, 2.75) is 26.8 Å². The molecule has 10 nitrogen and oxygen atoms in total. The highest BCUT2D eigenvalue weighted by molar-refractivity contribution is 7.89. The van der Waals surface area contributed by atoms with E-state index in [1.54, 1.807) is 37.1 Å². The van der Waals surface area contributed by atoms with Crippen molar-refractivity contribution in [1.82, 2.24) is 19.5 Å². The first-order valence-electron chi connectivity index (χ1n) is 10.9. The van der Waals surface area contributed by atoms with E-state index in [0.29, 0.717) is 33.4 Å². The van der Waals surface area contributed by atoms with Gasteiger partial charge in [-0.1, -0.05) is 17.7 Å². The highest BCUT2D eigenvalue weighted by Crippen LogP contribution is 2.32. The molecule has 0 aliphatic rings. The number of carbonyl (C=O) groups is 1. The zero-order chi connectivity index (χ0) is 26.4. The van der Waals surface area contributed by atoms with Gasteiger partial charge in [0.05, 0.1) is 35.1 Å². The number of anilines is 1. The van der Waals surface area contributed by atoms with Crippen LogP contribution in [-0.4, -0.2) is 35.3 Å². The Kier molecular flexibility index (Phi) is 6.63. The lowest BCUT2D eigenvalue weighted by Gasteiger charge is -2.20. The number of aryl methyl sites for hydroxylation is 2. The number of hydrogen-bond acceptors (Lipinski definition) is 8. The third-order valence-corrected chi connectivity index (χ3v) is 6.32. The standard InChI is InChI=1S/C24H24ClN5O5S/c1-12-8-16(14(3)27-18-6-7-19(25)28-20(18)24(32)29-36(5,33)34)23-17(9-12)21(31)13(2)22(35-23)15-10-26-30(4)11-15/h6-11,14,27H,1-5H3,(H,29,32). The van der Waals surface area contributed by atoms with Gasteiger partial charge >= 0.3 is 0 Å². The summed E-state index contributed by atoms with van der Waals surface area (Å²) in [7, 11) is -2.05. The number of nitrogens with zero attached hydrogens (tertiary/aromatic N) is 3. The van der Waals surface area contributed by atoms with Crippen LogP contribution in [0.2, 0.25) is 5.15 Å². The second-order valence-corrected chi connectivity index (χ2v) is 10.8. The van der Waals surface area contributed by atoms with E-state index in [2.05, 4.69) is 15.4 Å². The molecule has 1 unspecified atom stereocenters. The number of fused-ring (bicyclic) bond motifs is 1. The van der Waals surface area contributed by atoms with Crippen LogP contribution in [0.15, 0.2) is 45.9 Å². The maximum absolute atomic E-state index is 13.3. The van der Waals surface area contributed by atoms with Crippen molar-refractivity contribution in [3.63, 3.8) is 0 Å². The minimum absolute atomic E-state index is 0.0236. The molecule has 1 amide bonds.